The molecule has 0 saturated carbocycles. The van der Waals surface area contributed by atoms with Crippen LogP contribution in [0.2, 0.25) is 0 Å². The van der Waals surface area contributed by atoms with E-state index in [2.05, 4.69) is 20.8 Å². The van der Waals surface area contributed by atoms with Crippen molar-refractivity contribution in [2.45, 2.75) is 20.8 Å². The first kappa shape index (κ1) is 7.58. The molecule has 1 heterocycles. The van der Waals surface area contributed by atoms with Crippen LogP contribution in [0, 0.1) is 17.8 Å². The Labute approximate surface area is 61.6 Å². The van der Waals surface area contributed by atoms with Crippen LogP contribution in [0.3, 0.4) is 0 Å². The summed E-state index contributed by atoms with van der Waals surface area (Å²) in [5.74, 6) is 0.958. The molecular formula is C8H14O2. The SMILES string of the molecule is CC(C)[C@H]1C(=O)OC[C@H]1C. The van der Waals surface area contributed by atoms with Crippen LogP contribution in [0.4, 0.5) is 0 Å². The third kappa shape index (κ3) is 1.15. The molecule has 0 unspecified atom stereocenters. The van der Waals surface area contributed by atoms with E-state index >= 15 is 0 Å². The molecule has 0 aromatic carbocycles. The van der Waals surface area contributed by atoms with Crippen LogP contribution >= 0.6 is 0 Å². The highest BCUT2D eigenvalue weighted by Gasteiger charge is 2.35. The number of rotatable bonds is 1. The molecule has 0 bridgehead atoms. The van der Waals surface area contributed by atoms with Crippen LogP contribution in [-0.2, 0) is 9.53 Å². The first-order valence-electron chi connectivity index (χ1n) is 3.79. The van der Waals surface area contributed by atoms with Gasteiger partial charge in [-0.1, -0.05) is 20.8 Å². The van der Waals surface area contributed by atoms with Crippen LogP contribution in [0.1, 0.15) is 20.8 Å². The second-order valence-corrected chi connectivity index (χ2v) is 3.38. The number of ether oxygens (including phenoxy) is 1. The van der Waals surface area contributed by atoms with Gasteiger partial charge in [0.2, 0.25) is 0 Å². The quantitative estimate of drug-likeness (QED) is 0.518. The minimum Gasteiger partial charge on any atom is -0.465 e. The normalized spacial score (nSPS) is 33.0. The summed E-state index contributed by atoms with van der Waals surface area (Å²) in [5.41, 5.74) is 0. The zero-order chi connectivity index (χ0) is 7.72. The fourth-order valence-electron chi connectivity index (χ4n) is 1.58. The molecule has 0 aromatic heterocycles. The van der Waals surface area contributed by atoms with Gasteiger partial charge in [-0.2, -0.15) is 0 Å². The summed E-state index contributed by atoms with van der Waals surface area (Å²) in [6, 6.07) is 0. The summed E-state index contributed by atoms with van der Waals surface area (Å²) in [6.45, 7) is 6.80. The van der Waals surface area contributed by atoms with Gasteiger partial charge in [0, 0.05) is 5.92 Å². The number of esters is 1. The summed E-state index contributed by atoms with van der Waals surface area (Å²) in [7, 11) is 0. The van der Waals surface area contributed by atoms with Crippen LogP contribution in [0.15, 0.2) is 0 Å². The smallest absolute Gasteiger partial charge is 0.309 e. The standard InChI is InChI=1S/C8H14O2/c1-5(2)7-6(3)4-10-8(7)9/h5-7H,4H2,1-3H3/t6-,7-/m1/s1. The van der Waals surface area contributed by atoms with E-state index in [1.165, 1.54) is 0 Å². The number of hydrogen-bond acceptors (Lipinski definition) is 2. The molecule has 0 aromatic rings. The van der Waals surface area contributed by atoms with E-state index in [-0.39, 0.29) is 11.9 Å². The van der Waals surface area contributed by atoms with Crippen molar-refractivity contribution in [3.05, 3.63) is 0 Å². The van der Waals surface area contributed by atoms with E-state index in [1.807, 2.05) is 0 Å². The molecule has 2 nitrogen and oxygen atoms in total. The molecule has 1 rings (SSSR count). The number of carbonyl (C=O) groups is 1. The highest BCUT2D eigenvalue weighted by Crippen LogP contribution is 2.27. The first-order chi connectivity index (χ1) is 4.63. The molecule has 10 heavy (non-hydrogen) atoms. The predicted octanol–water partition coefficient (Wildman–Crippen LogP) is 1.45. The van der Waals surface area contributed by atoms with Crippen molar-refractivity contribution < 1.29 is 9.53 Å². The van der Waals surface area contributed by atoms with Gasteiger partial charge in [-0.3, -0.25) is 4.79 Å². The van der Waals surface area contributed by atoms with E-state index in [0.29, 0.717) is 18.4 Å². The number of carbonyl (C=O) groups excluding carboxylic acids is 1. The van der Waals surface area contributed by atoms with Crippen molar-refractivity contribution in [2.75, 3.05) is 6.61 Å². The van der Waals surface area contributed by atoms with Crippen LogP contribution in [0.5, 0.6) is 0 Å². The Morgan fingerprint density at radius 2 is 2.20 bits per heavy atom. The average molecular weight is 142 g/mol. The van der Waals surface area contributed by atoms with E-state index in [0.717, 1.165) is 0 Å². The summed E-state index contributed by atoms with van der Waals surface area (Å²) >= 11 is 0. The van der Waals surface area contributed by atoms with Crippen molar-refractivity contribution >= 4 is 5.97 Å². The van der Waals surface area contributed by atoms with E-state index in [4.69, 9.17) is 4.74 Å². The molecule has 1 fully saturated rings. The lowest BCUT2D eigenvalue weighted by Crippen LogP contribution is -2.19. The Kier molecular flexibility index (Phi) is 1.97. The van der Waals surface area contributed by atoms with Crippen molar-refractivity contribution in [3.8, 4) is 0 Å². The van der Waals surface area contributed by atoms with Crippen molar-refractivity contribution in [1.29, 1.82) is 0 Å². The topological polar surface area (TPSA) is 26.3 Å². The Hall–Kier alpha value is -0.530. The predicted molar refractivity (Wildman–Crippen MR) is 38.5 cm³/mol. The van der Waals surface area contributed by atoms with E-state index in [9.17, 15) is 4.79 Å². The second-order valence-electron chi connectivity index (χ2n) is 3.38. The molecule has 0 amide bonds. The molecule has 1 aliphatic heterocycles. The minimum absolute atomic E-state index is 0.0116. The Bertz CT molecular complexity index is 140. The van der Waals surface area contributed by atoms with Gasteiger partial charge in [0.05, 0.1) is 12.5 Å². The largest absolute Gasteiger partial charge is 0.465 e. The van der Waals surface area contributed by atoms with Gasteiger partial charge in [0.1, 0.15) is 0 Å². The number of hydrogen-bond donors (Lipinski definition) is 0. The van der Waals surface area contributed by atoms with E-state index in [1.54, 1.807) is 0 Å². The van der Waals surface area contributed by atoms with Gasteiger partial charge in [-0.15, -0.1) is 0 Å². The molecule has 0 spiro atoms. The fourth-order valence-corrected chi connectivity index (χ4v) is 1.58. The summed E-state index contributed by atoms with van der Waals surface area (Å²) in [6.07, 6.45) is 0. The molecule has 2 atom stereocenters. The Morgan fingerprint density at radius 3 is 2.40 bits per heavy atom. The third-order valence-electron chi connectivity index (χ3n) is 2.09. The van der Waals surface area contributed by atoms with Crippen molar-refractivity contribution in [1.82, 2.24) is 0 Å². The number of cyclic esters (lactones) is 1. The molecule has 1 saturated heterocycles. The average Bonchev–Trinajstić information content (AvgIpc) is 2.11. The fraction of sp³-hybridized carbons (Fsp3) is 0.875. The minimum atomic E-state index is -0.0116. The maximum absolute atomic E-state index is 11.0. The highest BCUT2D eigenvalue weighted by atomic mass is 16.5. The Balaban J connectivity index is 2.63. The molecular weight excluding hydrogens is 128 g/mol. The molecule has 0 aliphatic carbocycles. The zero-order valence-electron chi connectivity index (χ0n) is 6.76. The first-order valence-corrected chi connectivity index (χ1v) is 3.79. The van der Waals surface area contributed by atoms with Crippen LogP contribution in [0.25, 0.3) is 0 Å². The maximum atomic E-state index is 11.0. The third-order valence-corrected chi connectivity index (χ3v) is 2.09. The molecule has 0 radical (unpaired) electrons. The van der Waals surface area contributed by atoms with Crippen LogP contribution < -0.4 is 0 Å². The highest BCUT2D eigenvalue weighted by molar-refractivity contribution is 5.74. The molecule has 58 valence electrons. The van der Waals surface area contributed by atoms with Crippen molar-refractivity contribution in [3.63, 3.8) is 0 Å². The van der Waals surface area contributed by atoms with Gasteiger partial charge >= 0.3 is 5.97 Å². The van der Waals surface area contributed by atoms with Gasteiger partial charge in [0.25, 0.3) is 0 Å². The lowest BCUT2D eigenvalue weighted by molar-refractivity contribution is -0.142. The van der Waals surface area contributed by atoms with Crippen LogP contribution in [-0.4, -0.2) is 12.6 Å². The molecule has 1 aliphatic rings. The van der Waals surface area contributed by atoms with Gasteiger partial charge < -0.3 is 4.74 Å². The maximum Gasteiger partial charge on any atom is 0.309 e. The second kappa shape index (κ2) is 2.60. The van der Waals surface area contributed by atoms with E-state index < -0.39 is 0 Å². The molecule has 0 N–H and O–H groups in total. The summed E-state index contributed by atoms with van der Waals surface area (Å²) in [5, 5.41) is 0. The van der Waals surface area contributed by atoms with Gasteiger partial charge in [-0.05, 0) is 5.92 Å². The lowest BCUT2D eigenvalue weighted by atomic mass is 9.87. The molecule has 2 heteroatoms. The monoisotopic (exact) mass is 142 g/mol. The lowest BCUT2D eigenvalue weighted by Gasteiger charge is -2.13. The Morgan fingerprint density at radius 1 is 1.60 bits per heavy atom. The van der Waals surface area contributed by atoms with Gasteiger partial charge in [0.15, 0.2) is 0 Å². The van der Waals surface area contributed by atoms with Gasteiger partial charge in [-0.25, -0.2) is 0 Å². The zero-order valence-corrected chi connectivity index (χ0v) is 6.76. The van der Waals surface area contributed by atoms with Crippen molar-refractivity contribution in [2.24, 2.45) is 17.8 Å². The summed E-state index contributed by atoms with van der Waals surface area (Å²) < 4.78 is 4.90. The summed E-state index contributed by atoms with van der Waals surface area (Å²) in [4.78, 5) is 11.0.